The number of hydrogen-bond donors (Lipinski definition) is 1. The van der Waals surface area contributed by atoms with Gasteiger partial charge in [0.1, 0.15) is 5.75 Å². The van der Waals surface area contributed by atoms with Crippen LogP contribution in [0.4, 0.5) is 11.4 Å². The number of hydrogen-bond acceptors (Lipinski definition) is 6. The lowest BCUT2D eigenvalue weighted by atomic mass is 10.2. The Hall–Kier alpha value is -1.83. The number of benzene rings is 1. The highest BCUT2D eigenvalue weighted by Crippen LogP contribution is 2.27. The molecule has 1 fully saturated rings. The van der Waals surface area contributed by atoms with E-state index in [4.69, 9.17) is 4.74 Å². The smallest absolute Gasteiger partial charge is 0.275 e. The summed E-state index contributed by atoms with van der Waals surface area (Å²) in [4.78, 5) is 10.4. The Labute approximate surface area is 123 Å². The molecule has 1 aliphatic rings. The minimum Gasteiger partial charge on any atom is -0.494 e. The molecule has 1 N–H and O–H groups in total. The topological polar surface area (TPSA) is 98.5 Å². The summed E-state index contributed by atoms with van der Waals surface area (Å²) in [6.45, 7) is 2.45. The molecule has 0 amide bonds. The second-order valence-corrected chi connectivity index (χ2v) is 7.32. The van der Waals surface area contributed by atoms with Gasteiger partial charge < -0.3 is 10.1 Å². The number of ether oxygens (including phenoxy) is 1. The molecule has 21 heavy (non-hydrogen) atoms. The lowest BCUT2D eigenvalue weighted by molar-refractivity contribution is -0.384. The molecule has 1 atom stereocenters. The molecule has 1 saturated heterocycles. The summed E-state index contributed by atoms with van der Waals surface area (Å²) in [5.41, 5.74) is 0.410. The van der Waals surface area contributed by atoms with Crippen LogP contribution in [0.1, 0.15) is 19.8 Å². The number of nitrogens with zero attached hydrogens (tertiary/aromatic N) is 1. The third-order valence-electron chi connectivity index (χ3n) is 3.41. The molecule has 0 aromatic heterocycles. The Morgan fingerprint density at radius 3 is 2.76 bits per heavy atom. The molecule has 8 heteroatoms. The number of nitrogens with one attached hydrogen (secondary N) is 1. The molecule has 0 saturated carbocycles. The molecule has 1 unspecified atom stereocenters. The van der Waals surface area contributed by atoms with Crippen LogP contribution in [-0.4, -0.2) is 37.5 Å². The van der Waals surface area contributed by atoms with Crippen molar-refractivity contribution in [3.05, 3.63) is 28.3 Å². The monoisotopic (exact) mass is 314 g/mol. The molecular formula is C13H18N2O5S. The van der Waals surface area contributed by atoms with E-state index >= 15 is 0 Å². The van der Waals surface area contributed by atoms with Crippen molar-refractivity contribution in [3.63, 3.8) is 0 Å². The number of sulfone groups is 1. The molecule has 1 heterocycles. The lowest BCUT2D eigenvalue weighted by Crippen LogP contribution is -2.25. The van der Waals surface area contributed by atoms with E-state index in [1.54, 1.807) is 13.0 Å². The van der Waals surface area contributed by atoms with Gasteiger partial charge in [-0.2, -0.15) is 0 Å². The minimum atomic E-state index is -3.03. The van der Waals surface area contributed by atoms with E-state index in [-0.39, 0.29) is 18.0 Å². The molecule has 0 aliphatic carbocycles. The van der Waals surface area contributed by atoms with Crippen molar-refractivity contribution >= 4 is 21.2 Å². The molecule has 1 aliphatic heterocycles. The van der Waals surface area contributed by atoms with E-state index in [1.807, 2.05) is 0 Å². The molecule has 0 spiro atoms. The number of nitro groups is 1. The van der Waals surface area contributed by atoms with Crippen molar-refractivity contribution in [3.8, 4) is 5.75 Å². The largest absolute Gasteiger partial charge is 0.494 e. The first-order chi connectivity index (χ1) is 9.92. The number of nitro benzene ring substituents is 1. The maximum atomic E-state index is 11.8. The Bertz CT molecular complexity index is 629. The third-order valence-corrected chi connectivity index (χ3v) is 5.69. The van der Waals surface area contributed by atoms with Gasteiger partial charge in [0.15, 0.2) is 9.84 Å². The summed E-state index contributed by atoms with van der Waals surface area (Å²) >= 11 is 0. The SMILES string of the molecule is CCOc1cc(NCC2CCCS2(=O)=O)cc([N+](=O)[O-])c1. The van der Waals surface area contributed by atoms with Crippen LogP contribution in [-0.2, 0) is 9.84 Å². The van der Waals surface area contributed by atoms with E-state index in [9.17, 15) is 18.5 Å². The molecule has 7 nitrogen and oxygen atoms in total. The Morgan fingerprint density at radius 1 is 1.43 bits per heavy atom. The summed E-state index contributed by atoms with van der Waals surface area (Å²) in [5.74, 6) is 0.613. The van der Waals surface area contributed by atoms with Crippen molar-refractivity contribution < 1.29 is 18.1 Å². The first kappa shape index (κ1) is 15.6. The first-order valence-electron chi connectivity index (χ1n) is 6.80. The Kier molecular flexibility index (Phi) is 4.66. The van der Waals surface area contributed by atoms with Gasteiger partial charge in [0.25, 0.3) is 5.69 Å². The van der Waals surface area contributed by atoms with Crippen molar-refractivity contribution in [2.75, 3.05) is 24.2 Å². The Balaban J connectivity index is 2.13. The molecular weight excluding hydrogens is 296 g/mol. The number of non-ortho nitro benzene ring substituents is 1. The zero-order valence-electron chi connectivity index (χ0n) is 11.7. The van der Waals surface area contributed by atoms with Crippen LogP contribution < -0.4 is 10.1 Å². The zero-order valence-corrected chi connectivity index (χ0v) is 12.6. The summed E-state index contributed by atoms with van der Waals surface area (Å²) < 4.78 is 28.8. The van der Waals surface area contributed by atoms with Gasteiger partial charge >= 0.3 is 0 Å². The predicted molar refractivity (Wildman–Crippen MR) is 79.6 cm³/mol. The summed E-state index contributed by atoms with van der Waals surface area (Å²) in [6, 6.07) is 4.36. The van der Waals surface area contributed by atoms with Crippen LogP contribution in [0, 0.1) is 10.1 Å². The normalized spacial score (nSPS) is 20.1. The van der Waals surface area contributed by atoms with Gasteiger partial charge in [-0.3, -0.25) is 10.1 Å². The first-order valence-corrected chi connectivity index (χ1v) is 8.51. The summed E-state index contributed by atoms with van der Waals surface area (Å²) in [6.07, 6.45) is 1.30. The predicted octanol–water partition coefficient (Wildman–Crippen LogP) is 1.98. The highest BCUT2D eigenvalue weighted by molar-refractivity contribution is 7.92. The fraction of sp³-hybridized carbons (Fsp3) is 0.538. The van der Waals surface area contributed by atoms with Crippen LogP contribution in [0.2, 0.25) is 0 Å². The number of rotatable bonds is 6. The lowest BCUT2D eigenvalue weighted by Gasteiger charge is -2.13. The molecule has 0 radical (unpaired) electrons. The fourth-order valence-corrected chi connectivity index (χ4v) is 4.13. The van der Waals surface area contributed by atoms with E-state index in [1.165, 1.54) is 12.1 Å². The average Bonchev–Trinajstić information content (AvgIpc) is 2.75. The molecule has 2 rings (SSSR count). The number of anilines is 1. The van der Waals surface area contributed by atoms with Crippen LogP contribution in [0.3, 0.4) is 0 Å². The van der Waals surface area contributed by atoms with E-state index in [0.717, 1.165) is 0 Å². The highest BCUT2D eigenvalue weighted by atomic mass is 32.2. The van der Waals surface area contributed by atoms with Crippen molar-refractivity contribution in [2.24, 2.45) is 0 Å². The van der Waals surface area contributed by atoms with Crippen molar-refractivity contribution in [2.45, 2.75) is 25.0 Å². The van der Waals surface area contributed by atoms with Crippen LogP contribution in [0.5, 0.6) is 5.75 Å². The van der Waals surface area contributed by atoms with Gasteiger partial charge in [-0.15, -0.1) is 0 Å². The Morgan fingerprint density at radius 2 is 2.19 bits per heavy atom. The molecule has 0 bridgehead atoms. The van der Waals surface area contributed by atoms with E-state index in [2.05, 4.69) is 5.32 Å². The second-order valence-electron chi connectivity index (χ2n) is 4.92. The van der Waals surface area contributed by atoms with Crippen molar-refractivity contribution in [1.82, 2.24) is 0 Å². The fourth-order valence-electron chi connectivity index (χ4n) is 2.36. The summed E-state index contributed by atoms with van der Waals surface area (Å²) in [5, 5.41) is 13.4. The van der Waals surface area contributed by atoms with Crippen LogP contribution in [0.15, 0.2) is 18.2 Å². The van der Waals surface area contributed by atoms with Crippen LogP contribution >= 0.6 is 0 Å². The summed E-state index contributed by atoms with van der Waals surface area (Å²) in [7, 11) is -3.03. The molecule has 1 aromatic rings. The minimum absolute atomic E-state index is 0.0854. The van der Waals surface area contributed by atoms with E-state index < -0.39 is 20.0 Å². The quantitative estimate of drug-likeness (QED) is 0.637. The standard InChI is InChI=1S/C13H18N2O5S/c1-2-20-12-7-10(6-11(8-12)15(16)17)14-9-13-4-3-5-21(13,18)19/h6-8,13-14H,2-5,9H2,1H3. The molecule has 116 valence electrons. The molecule has 1 aromatic carbocycles. The van der Waals surface area contributed by atoms with Gasteiger partial charge in [-0.25, -0.2) is 8.42 Å². The highest BCUT2D eigenvalue weighted by Gasteiger charge is 2.30. The van der Waals surface area contributed by atoms with Crippen LogP contribution in [0.25, 0.3) is 0 Å². The zero-order chi connectivity index (χ0) is 15.5. The third kappa shape index (κ3) is 3.84. The van der Waals surface area contributed by atoms with Gasteiger partial charge in [-0.05, 0) is 19.8 Å². The van der Waals surface area contributed by atoms with Gasteiger partial charge in [0, 0.05) is 24.4 Å². The van der Waals surface area contributed by atoms with Crippen molar-refractivity contribution in [1.29, 1.82) is 0 Å². The van der Waals surface area contributed by atoms with Gasteiger partial charge in [0.05, 0.1) is 28.6 Å². The van der Waals surface area contributed by atoms with Gasteiger partial charge in [-0.1, -0.05) is 0 Å². The second kappa shape index (κ2) is 6.30. The average molecular weight is 314 g/mol. The maximum Gasteiger partial charge on any atom is 0.275 e. The van der Waals surface area contributed by atoms with E-state index in [0.29, 0.717) is 30.9 Å². The van der Waals surface area contributed by atoms with Gasteiger partial charge in [0.2, 0.25) is 0 Å². The maximum absolute atomic E-state index is 11.8.